The first-order valence-electron chi connectivity index (χ1n) is 6.09. The Labute approximate surface area is 97.6 Å². The lowest BCUT2D eigenvalue weighted by atomic mass is 10.1. The summed E-state index contributed by atoms with van der Waals surface area (Å²) in [5.74, 6) is 0.725. The summed E-state index contributed by atoms with van der Waals surface area (Å²) in [7, 11) is 0. The minimum absolute atomic E-state index is 0.226. The average molecular weight is 225 g/mol. The molecule has 92 valence electrons. The first-order valence-corrected chi connectivity index (χ1v) is 6.09. The number of nitrogens with one attached hydrogen (secondary N) is 1. The highest BCUT2D eigenvalue weighted by molar-refractivity contribution is 5.81. The van der Waals surface area contributed by atoms with E-state index in [-0.39, 0.29) is 6.04 Å². The van der Waals surface area contributed by atoms with Crippen LogP contribution in [0.1, 0.15) is 45.4 Å². The van der Waals surface area contributed by atoms with Crippen LogP contribution in [0.4, 0.5) is 0 Å². The van der Waals surface area contributed by atoms with Crippen molar-refractivity contribution in [2.75, 3.05) is 0 Å². The third-order valence-electron chi connectivity index (χ3n) is 2.75. The maximum absolute atomic E-state index is 8.86. The van der Waals surface area contributed by atoms with Gasteiger partial charge in [-0.15, -0.1) is 0 Å². The Hall–Kier alpha value is -0.870. The van der Waals surface area contributed by atoms with E-state index in [1.807, 2.05) is 6.92 Å². The fourth-order valence-electron chi connectivity index (χ4n) is 1.84. The Kier molecular flexibility index (Phi) is 6.11. The number of amidine groups is 1. The molecule has 0 aromatic carbocycles. The monoisotopic (exact) mass is 225 g/mol. The van der Waals surface area contributed by atoms with E-state index < -0.39 is 0 Å². The van der Waals surface area contributed by atoms with Gasteiger partial charge in [-0.3, -0.25) is 15.7 Å². The summed E-state index contributed by atoms with van der Waals surface area (Å²) < 4.78 is 0. The molecule has 2 atom stereocenters. The highest BCUT2D eigenvalue weighted by atomic mass is 16.5. The maximum atomic E-state index is 8.86. The van der Waals surface area contributed by atoms with Gasteiger partial charge in [0, 0.05) is 12.5 Å². The second kappa shape index (κ2) is 7.41. The van der Waals surface area contributed by atoms with Gasteiger partial charge in [-0.1, -0.05) is 18.6 Å². The Morgan fingerprint density at radius 1 is 1.56 bits per heavy atom. The summed E-state index contributed by atoms with van der Waals surface area (Å²) in [4.78, 5) is 4.48. The minimum Gasteiger partial charge on any atom is -0.328 e. The Bertz CT molecular complexity index is 249. The molecule has 1 heterocycles. The van der Waals surface area contributed by atoms with Crippen LogP contribution < -0.4 is 11.2 Å². The number of hydrogen-bond acceptors (Lipinski definition) is 4. The number of nitrogens with zero attached hydrogens (tertiary/aromatic N) is 1. The van der Waals surface area contributed by atoms with E-state index in [2.05, 4.69) is 22.6 Å². The summed E-state index contributed by atoms with van der Waals surface area (Å²) in [5.41, 5.74) is 7.85. The lowest BCUT2D eigenvalue weighted by Crippen LogP contribution is -2.20. The molecule has 0 spiro atoms. The van der Waals surface area contributed by atoms with Crippen LogP contribution in [0.2, 0.25) is 0 Å². The van der Waals surface area contributed by atoms with Crippen molar-refractivity contribution in [1.29, 1.82) is 0 Å². The summed E-state index contributed by atoms with van der Waals surface area (Å²) in [6.07, 6.45) is 10.4. The summed E-state index contributed by atoms with van der Waals surface area (Å²) in [5, 5.41) is 8.86. The second-order valence-electron chi connectivity index (χ2n) is 4.51. The van der Waals surface area contributed by atoms with Gasteiger partial charge in [-0.25, -0.2) is 0 Å². The van der Waals surface area contributed by atoms with Gasteiger partial charge in [0.1, 0.15) is 5.84 Å². The molecule has 16 heavy (non-hydrogen) atoms. The van der Waals surface area contributed by atoms with E-state index in [4.69, 9.17) is 10.9 Å². The summed E-state index contributed by atoms with van der Waals surface area (Å²) in [6.45, 7) is 2.00. The first kappa shape index (κ1) is 13.2. The molecule has 0 aliphatic carbocycles. The largest absolute Gasteiger partial charge is 0.328 e. The zero-order chi connectivity index (χ0) is 11.8. The normalized spacial score (nSPS) is 23.9. The van der Waals surface area contributed by atoms with Crippen LogP contribution in [0.5, 0.6) is 0 Å². The molecular formula is C12H23N3O. The quantitative estimate of drug-likeness (QED) is 0.506. The molecule has 0 aromatic heterocycles. The van der Waals surface area contributed by atoms with Gasteiger partial charge in [0.15, 0.2) is 0 Å². The molecule has 0 fully saturated rings. The van der Waals surface area contributed by atoms with Crippen LogP contribution in [0.15, 0.2) is 17.1 Å². The third-order valence-corrected chi connectivity index (χ3v) is 2.75. The van der Waals surface area contributed by atoms with Crippen LogP contribution in [-0.2, 0) is 0 Å². The van der Waals surface area contributed by atoms with Gasteiger partial charge >= 0.3 is 0 Å². The Balaban J connectivity index is 2.36. The molecule has 0 bridgehead atoms. The van der Waals surface area contributed by atoms with Gasteiger partial charge in [-0.2, -0.15) is 0 Å². The number of rotatable bonds is 4. The molecule has 0 saturated carbocycles. The first-order chi connectivity index (χ1) is 7.72. The fraction of sp³-hybridized carbons (Fsp3) is 0.750. The van der Waals surface area contributed by atoms with Crippen LogP contribution in [0, 0.1) is 0 Å². The van der Waals surface area contributed by atoms with E-state index >= 15 is 0 Å². The molecule has 0 radical (unpaired) electrons. The van der Waals surface area contributed by atoms with Crippen LogP contribution in [-0.4, -0.2) is 23.1 Å². The molecule has 2 unspecified atom stereocenters. The van der Waals surface area contributed by atoms with Crippen molar-refractivity contribution in [3.63, 3.8) is 0 Å². The van der Waals surface area contributed by atoms with E-state index in [9.17, 15) is 0 Å². The summed E-state index contributed by atoms with van der Waals surface area (Å²) in [6, 6.07) is 0.532. The van der Waals surface area contributed by atoms with Gasteiger partial charge in [0.25, 0.3) is 0 Å². The topological polar surface area (TPSA) is 70.6 Å². The van der Waals surface area contributed by atoms with Crippen molar-refractivity contribution in [2.24, 2.45) is 10.7 Å². The average Bonchev–Trinajstić information content (AvgIpc) is 2.49. The van der Waals surface area contributed by atoms with Crippen molar-refractivity contribution in [1.82, 2.24) is 5.48 Å². The molecule has 4 nitrogen and oxygen atoms in total. The predicted molar refractivity (Wildman–Crippen MR) is 66.6 cm³/mol. The Morgan fingerprint density at radius 3 is 3.06 bits per heavy atom. The minimum atomic E-state index is 0.226. The molecule has 0 amide bonds. The molecule has 0 aromatic rings. The van der Waals surface area contributed by atoms with Gasteiger partial charge in [0.05, 0.1) is 6.04 Å². The molecular weight excluding hydrogens is 202 g/mol. The maximum Gasteiger partial charge on any atom is 0.120 e. The van der Waals surface area contributed by atoms with Crippen molar-refractivity contribution in [2.45, 2.75) is 57.5 Å². The number of aliphatic imine (C=N–C) groups is 1. The molecule has 1 rings (SSSR count). The molecule has 4 N–H and O–H groups in total. The predicted octanol–water partition coefficient (Wildman–Crippen LogP) is 1.99. The van der Waals surface area contributed by atoms with Gasteiger partial charge in [-0.05, 0) is 32.6 Å². The number of nitrogens with two attached hydrogens (primary N) is 1. The van der Waals surface area contributed by atoms with Gasteiger partial charge < -0.3 is 5.73 Å². The smallest absolute Gasteiger partial charge is 0.120 e. The van der Waals surface area contributed by atoms with E-state index in [0.717, 1.165) is 37.9 Å². The zero-order valence-electron chi connectivity index (χ0n) is 10.0. The van der Waals surface area contributed by atoms with Crippen molar-refractivity contribution < 1.29 is 5.21 Å². The van der Waals surface area contributed by atoms with Crippen LogP contribution >= 0.6 is 0 Å². The molecule has 1 aliphatic rings. The highest BCUT2D eigenvalue weighted by Gasteiger charge is 2.11. The molecule has 0 saturated heterocycles. The third kappa shape index (κ3) is 5.28. The Morgan fingerprint density at radius 2 is 2.38 bits per heavy atom. The van der Waals surface area contributed by atoms with E-state index in [0.29, 0.717) is 6.04 Å². The van der Waals surface area contributed by atoms with Gasteiger partial charge in [0.2, 0.25) is 0 Å². The van der Waals surface area contributed by atoms with E-state index in [1.54, 1.807) is 0 Å². The molecule has 1 aliphatic heterocycles. The number of hydroxylamine groups is 1. The van der Waals surface area contributed by atoms with Crippen molar-refractivity contribution in [3.05, 3.63) is 12.2 Å². The van der Waals surface area contributed by atoms with Crippen molar-refractivity contribution >= 4 is 5.84 Å². The van der Waals surface area contributed by atoms with Crippen LogP contribution in [0.3, 0.4) is 0 Å². The standard InChI is InChI=1S/C12H23N3O/c1-10(13)6-2-3-7-11-8-4-5-9-12(14-11)15-16/h2-3,10-11,16H,4-9,13H2,1H3,(H,14,15)/b3-2+. The van der Waals surface area contributed by atoms with E-state index in [1.165, 1.54) is 6.42 Å². The van der Waals surface area contributed by atoms with Crippen molar-refractivity contribution in [3.8, 4) is 0 Å². The SMILES string of the molecule is CC(N)C/C=C/CC1CCCCC(NO)=N1. The second-order valence-corrected chi connectivity index (χ2v) is 4.51. The number of hydrogen-bond donors (Lipinski definition) is 3. The fourth-order valence-corrected chi connectivity index (χ4v) is 1.84. The lowest BCUT2D eigenvalue weighted by molar-refractivity contribution is 0.231. The van der Waals surface area contributed by atoms with Crippen LogP contribution in [0.25, 0.3) is 0 Å². The highest BCUT2D eigenvalue weighted by Crippen LogP contribution is 2.16. The molecule has 4 heteroatoms. The zero-order valence-corrected chi connectivity index (χ0v) is 10.0. The summed E-state index contributed by atoms with van der Waals surface area (Å²) >= 11 is 0. The lowest BCUT2D eigenvalue weighted by Gasteiger charge is -2.08.